The topological polar surface area (TPSA) is 62.2 Å². The maximum absolute atomic E-state index is 12.1. The first kappa shape index (κ1) is 13.9. The summed E-state index contributed by atoms with van der Waals surface area (Å²) in [5.41, 5.74) is 1.16. The highest BCUT2D eigenvalue weighted by atomic mass is 32.2. The molecule has 1 aliphatic rings. The predicted molar refractivity (Wildman–Crippen MR) is 76.0 cm³/mol. The zero-order valence-electron chi connectivity index (χ0n) is 10.6. The fourth-order valence-corrected chi connectivity index (χ4v) is 2.99. The number of nitrogens with one attached hydrogen (secondary N) is 1. The number of hydrogen-bond donors (Lipinski definition) is 2. The molecule has 1 fully saturated rings. The van der Waals surface area contributed by atoms with Crippen LogP contribution in [0.1, 0.15) is 28.8 Å². The van der Waals surface area contributed by atoms with Gasteiger partial charge in [-0.15, -0.1) is 0 Å². The van der Waals surface area contributed by atoms with E-state index in [1.807, 2.05) is 11.8 Å². The molecule has 0 radical (unpaired) electrons. The highest BCUT2D eigenvalue weighted by Crippen LogP contribution is 2.17. The fourth-order valence-electron chi connectivity index (χ4n) is 1.88. The molecule has 0 aliphatic carbocycles. The molecule has 2 N–H and O–H groups in total. The molecule has 0 atom stereocenters. The summed E-state index contributed by atoms with van der Waals surface area (Å²) in [6.45, 7) is -0.198. The monoisotopic (exact) mass is 276 g/mol. The molecule has 1 aromatic rings. The molecule has 0 unspecified atom stereocenters. The summed E-state index contributed by atoms with van der Waals surface area (Å²) in [7, 11) is 0. The third kappa shape index (κ3) is 4.27. The number of hydrogen-bond acceptors (Lipinski definition) is 4. The molecule has 0 spiro atoms. The average Bonchev–Trinajstić information content (AvgIpc) is 2.46. The van der Waals surface area contributed by atoms with Crippen LogP contribution >= 0.6 is 11.8 Å². The third-order valence-corrected chi connectivity index (χ3v) is 3.92. The molecule has 1 saturated heterocycles. The molecule has 2 rings (SSSR count). The van der Waals surface area contributed by atoms with E-state index in [-0.39, 0.29) is 18.6 Å². The van der Waals surface area contributed by atoms with Gasteiger partial charge in [0.15, 0.2) is 0 Å². The Morgan fingerprint density at radius 2 is 2.26 bits per heavy atom. The highest BCUT2D eigenvalue weighted by molar-refractivity contribution is 7.99. The van der Waals surface area contributed by atoms with Crippen molar-refractivity contribution in [3.8, 4) is 11.8 Å². The summed E-state index contributed by atoms with van der Waals surface area (Å²) in [6.07, 6.45) is 5.16. The van der Waals surface area contributed by atoms with E-state index in [9.17, 15) is 4.79 Å². The number of pyridine rings is 1. The van der Waals surface area contributed by atoms with Crippen LogP contribution in [0.15, 0.2) is 18.5 Å². The van der Waals surface area contributed by atoms with Crippen molar-refractivity contribution in [3.63, 3.8) is 0 Å². The number of aliphatic hydroxyl groups excluding tert-OH is 1. The van der Waals surface area contributed by atoms with E-state index in [1.54, 1.807) is 12.3 Å². The van der Waals surface area contributed by atoms with E-state index in [4.69, 9.17) is 5.11 Å². The first-order chi connectivity index (χ1) is 9.29. The van der Waals surface area contributed by atoms with E-state index in [2.05, 4.69) is 22.1 Å². The van der Waals surface area contributed by atoms with Gasteiger partial charge in [0, 0.05) is 24.0 Å². The standard InChI is InChI=1S/C14H16N2O2S/c17-5-1-2-11-8-12(10-15-9-11)14(18)16-13-3-6-19-7-4-13/h8-10,13,17H,3-7H2,(H,16,18). The number of aliphatic hydroxyl groups is 1. The number of carbonyl (C=O) groups is 1. The summed E-state index contributed by atoms with van der Waals surface area (Å²) in [6, 6.07) is 1.96. The molecular formula is C14H16N2O2S. The molecule has 0 aromatic carbocycles. The smallest absolute Gasteiger partial charge is 0.253 e. The minimum absolute atomic E-state index is 0.1000. The van der Waals surface area contributed by atoms with Crippen molar-refractivity contribution in [2.24, 2.45) is 0 Å². The van der Waals surface area contributed by atoms with Gasteiger partial charge < -0.3 is 10.4 Å². The molecule has 1 aromatic heterocycles. The number of aromatic nitrogens is 1. The molecular weight excluding hydrogens is 260 g/mol. The molecule has 19 heavy (non-hydrogen) atoms. The van der Waals surface area contributed by atoms with Gasteiger partial charge >= 0.3 is 0 Å². The Labute approximate surface area is 117 Å². The summed E-state index contributed by atoms with van der Waals surface area (Å²) in [4.78, 5) is 16.1. The lowest BCUT2D eigenvalue weighted by molar-refractivity contribution is 0.0934. The van der Waals surface area contributed by atoms with Crippen LogP contribution in [0, 0.1) is 11.8 Å². The van der Waals surface area contributed by atoms with Crippen molar-refractivity contribution < 1.29 is 9.90 Å². The van der Waals surface area contributed by atoms with Gasteiger partial charge in [-0.2, -0.15) is 11.8 Å². The van der Waals surface area contributed by atoms with Crippen molar-refractivity contribution in [2.45, 2.75) is 18.9 Å². The lowest BCUT2D eigenvalue weighted by atomic mass is 10.1. The van der Waals surface area contributed by atoms with Crippen molar-refractivity contribution in [3.05, 3.63) is 29.6 Å². The second-order valence-corrected chi connectivity index (χ2v) is 5.51. The summed E-state index contributed by atoms with van der Waals surface area (Å²) in [5.74, 6) is 7.40. The van der Waals surface area contributed by atoms with Crippen LogP contribution in [0.5, 0.6) is 0 Å². The quantitative estimate of drug-likeness (QED) is 0.793. The van der Waals surface area contributed by atoms with Gasteiger partial charge in [-0.3, -0.25) is 9.78 Å². The molecule has 5 heteroatoms. The zero-order valence-corrected chi connectivity index (χ0v) is 11.4. The normalized spacial score (nSPS) is 15.4. The Hall–Kier alpha value is -1.51. The Morgan fingerprint density at radius 1 is 1.47 bits per heavy atom. The molecule has 0 saturated carbocycles. The van der Waals surface area contributed by atoms with Gasteiger partial charge in [0.2, 0.25) is 0 Å². The van der Waals surface area contributed by atoms with Crippen LogP contribution in [-0.4, -0.2) is 40.2 Å². The van der Waals surface area contributed by atoms with Gasteiger partial charge in [-0.05, 0) is 30.4 Å². The Balaban J connectivity index is 2.01. The average molecular weight is 276 g/mol. The van der Waals surface area contributed by atoms with E-state index in [0.717, 1.165) is 24.3 Å². The van der Waals surface area contributed by atoms with E-state index < -0.39 is 0 Å². The lowest BCUT2D eigenvalue weighted by Gasteiger charge is -2.22. The number of nitrogens with zero attached hydrogens (tertiary/aromatic N) is 1. The van der Waals surface area contributed by atoms with Crippen molar-refractivity contribution in [2.75, 3.05) is 18.1 Å². The second-order valence-electron chi connectivity index (χ2n) is 4.28. The van der Waals surface area contributed by atoms with Crippen molar-refractivity contribution in [1.29, 1.82) is 0 Å². The van der Waals surface area contributed by atoms with Crippen LogP contribution in [0.4, 0.5) is 0 Å². The minimum atomic E-state index is -0.198. The first-order valence-electron chi connectivity index (χ1n) is 6.23. The number of thioether (sulfide) groups is 1. The van der Waals surface area contributed by atoms with Crippen LogP contribution in [0.25, 0.3) is 0 Å². The van der Waals surface area contributed by atoms with Crippen LogP contribution in [0.3, 0.4) is 0 Å². The molecule has 0 bridgehead atoms. The number of carbonyl (C=O) groups excluding carboxylic acids is 1. The van der Waals surface area contributed by atoms with Gasteiger partial charge in [-0.1, -0.05) is 11.8 Å². The van der Waals surface area contributed by atoms with Crippen molar-refractivity contribution >= 4 is 17.7 Å². The maximum Gasteiger partial charge on any atom is 0.253 e. The maximum atomic E-state index is 12.1. The van der Waals surface area contributed by atoms with Gasteiger partial charge in [0.25, 0.3) is 5.91 Å². The van der Waals surface area contributed by atoms with Gasteiger partial charge in [0.05, 0.1) is 5.56 Å². The first-order valence-corrected chi connectivity index (χ1v) is 7.38. The molecule has 100 valence electrons. The Kier molecular flexibility index (Phi) is 5.25. The Bertz CT molecular complexity index is 502. The second kappa shape index (κ2) is 7.17. The summed E-state index contributed by atoms with van der Waals surface area (Å²) >= 11 is 1.93. The molecule has 2 heterocycles. The third-order valence-electron chi connectivity index (χ3n) is 2.87. The van der Waals surface area contributed by atoms with Gasteiger partial charge in [-0.25, -0.2) is 0 Å². The van der Waals surface area contributed by atoms with Crippen LogP contribution in [-0.2, 0) is 0 Å². The van der Waals surface area contributed by atoms with Crippen molar-refractivity contribution in [1.82, 2.24) is 10.3 Å². The van der Waals surface area contributed by atoms with Crippen LogP contribution in [0.2, 0.25) is 0 Å². The molecule has 1 amide bonds. The summed E-state index contributed by atoms with van der Waals surface area (Å²) in [5, 5.41) is 11.7. The summed E-state index contributed by atoms with van der Waals surface area (Å²) < 4.78 is 0. The molecule has 4 nitrogen and oxygen atoms in total. The van der Waals surface area contributed by atoms with E-state index in [1.165, 1.54) is 6.20 Å². The van der Waals surface area contributed by atoms with E-state index >= 15 is 0 Å². The number of rotatable bonds is 2. The van der Waals surface area contributed by atoms with E-state index in [0.29, 0.717) is 11.1 Å². The highest BCUT2D eigenvalue weighted by Gasteiger charge is 2.17. The molecule has 1 aliphatic heterocycles. The lowest BCUT2D eigenvalue weighted by Crippen LogP contribution is -2.37. The zero-order chi connectivity index (χ0) is 13.5. The predicted octanol–water partition coefficient (Wildman–Crippen LogP) is 1.05. The minimum Gasteiger partial charge on any atom is -0.384 e. The van der Waals surface area contributed by atoms with Gasteiger partial charge in [0.1, 0.15) is 6.61 Å². The fraction of sp³-hybridized carbons (Fsp3) is 0.429. The largest absolute Gasteiger partial charge is 0.384 e. The Morgan fingerprint density at radius 3 is 3.00 bits per heavy atom. The SMILES string of the molecule is O=C(NC1CCSCC1)c1cncc(C#CCO)c1. The number of amides is 1. The van der Waals surface area contributed by atoms with Crippen LogP contribution < -0.4 is 5.32 Å².